The van der Waals surface area contributed by atoms with Gasteiger partial charge in [0.2, 0.25) is 0 Å². The highest BCUT2D eigenvalue weighted by Crippen LogP contribution is 2.38. The van der Waals surface area contributed by atoms with Crippen LogP contribution in [-0.4, -0.2) is 28.6 Å². The summed E-state index contributed by atoms with van der Waals surface area (Å²) < 4.78 is 38.6. The Labute approximate surface area is 117 Å². The molecular weight excluding hydrogens is 293 g/mol. The number of aliphatic carboxylic acids is 1. The molecule has 0 atom stereocenters. The lowest BCUT2D eigenvalue weighted by Crippen LogP contribution is -2.35. The second-order valence-corrected chi connectivity index (χ2v) is 4.57. The number of carbonyl (C=O) groups is 1. The predicted octanol–water partition coefficient (Wildman–Crippen LogP) is 2.91. The molecule has 6 nitrogen and oxygen atoms in total. The van der Waals surface area contributed by atoms with E-state index >= 15 is 0 Å². The van der Waals surface area contributed by atoms with Crippen LogP contribution in [-0.2, 0) is 11.0 Å². The van der Waals surface area contributed by atoms with E-state index in [1.54, 1.807) is 13.8 Å². The van der Waals surface area contributed by atoms with Gasteiger partial charge in [-0.1, -0.05) is 0 Å². The third-order valence-corrected chi connectivity index (χ3v) is 2.74. The van der Waals surface area contributed by atoms with Gasteiger partial charge in [-0.05, 0) is 26.0 Å². The number of alkyl halides is 3. The lowest BCUT2D eigenvalue weighted by atomic mass is 10.1. The number of carboxylic acids is 1. The molecule has 0 spiro atoms. The van der Waals surface area contributed by atoms with Crippen LogP contribution in [0.25, 0.3) is 0 Å². The van der Waals surface area contributed by atoms with Crippen LogP contribution >= 0.6 is 0 Å². The van der Waals surface area contributed by atoms with Crippen molar-refractivity contribution < 1.29 is 28.0 Å². The molecule has 0 heterocycles. The molecule has 0 unspecified atom stereocenters. The second-order valence-electron chi connectivity index (χ2n) is 4.57. The first-order valence-electron chi connectivity index (χ1n) is 5.88. The summed E-state index contributed by atoms with van der Waals surface area (Å²) in [4.78, 5) is 21.5. The van der Waals surface area contributed by atoms with Gasteiger partial charge in [-0.2, -0.15) is 13.2 Å². The van der Waals surface area contributed by atoms with Crippen LogP contribution in [0.2, 0.25) is 0 Å². The molecule has 0 aromatic heterocycles. The number of nitro groups is 1. The zero-order valence-electron chi connectivity index (χ0n) is 11.2. The Bertz CT molecular complexity index is 558. The van der Waals surface area contributed by atoms with Crippen LogP contribution in [0.3, 0.4) is 0 Å². The predicted molar refractivity (Wildman–Crippen MR) is 68.2 cm³/mol. The SMILES string of the molecule is CC(C)N(CC(=O)O)c1ccc([N+](=O)[O-])c(C(F)(F)F)c1. The van der Waals surface area contributed by atoms with Crippen LogP contribution in [0.1, 0.15) is 19.4 Å². The molecule has 0 radical (unpaired) electrons. The summed E-state index contributed by atoms with van der Waals surface area (Å²) in [6.45, 7) is 2.71. The molecule has 0 aliphatic heterocycles. The van der Waals surface area contributed by atoms with Crippen molar-refractivity contribution in [3.05, 3.63) is 33.9 Å². The summed E-state index contributed by atoms with van der Waals surface area (Å²) in [5, 5.41) is 19.5. The zero-order chi connectivity index (χ0) is 16.4. The Morgan fingerprint density at radius 3 is 2.38 bits per heavy atom. The number of halogens is 3. The number of rotatable bonds is 5. The van der Waals surface area contributed by atoms with Crippen LogP contribution in [0, 0.1) is 10.1 Å². The molecule has 1 aromatic rings. The summed E-state index contributed by atoms with van der Waals surface area (Å²) in [7, 11) is 0. The first kappa shape index (κ1) is 16.7. The van der Waals surface area contributed by atoms with Crippen LogP contribution in [0.5, 0.6) is 0 Å². The molecule has 21 heavy (non-hydrogen) atoms. The topological polar surface area (TPSA) is 83.7 Å². The number of hydrogen-bond donors (Lipinski definition) is 1. The van der Waals surface area contributed by atoms with Crippen molar-refractivity contribution in [3.63, 3.8) is 0 Å². The fourth-order valence-corrected chi connectivity index (χ4v) is 1.81. The Balaban J connectivity index is 3.38. The normalized spacial score (nSPS) is 11.5. The van der Waals surface area contributed by atoms with Crippen molar-refractivity contribution in [2.24, 2.45) is 0 Å². The third-order valence-electron chi connectivity index (χ3n) is 2.74. The number of benzene rings is 1. The van der Waals surface area contributed by atoms with E-state index in [0.29, 0.717) is 6.07 Å². The van der Waals surface area contributed by atoms with Gasteiger partial charge in [0.1, 0.15) is 12.1 Å². The molecular formula is C12H13F3N2O4. The average molecular weight is 306 g/mol. The highest BCUT2D eigenvalue weighted by atomic mass is 19.4. The monoisotopic (exact) mass is 306 g/mol. The van der Waals surface area contributed by atoms with Crippen LogP contribution in [0.15, 0.2) is 18.2 Å². The molecule has 0 amide bonds. The van der Waals surface area contributed by atoms with E-state index in [0.717, 1.165) is 12.1 Å². The van der Waals surface area contributed by atoms with Gasteiger partial charge in [-0.25, -0.2) is 0 Å². The molecule has 1 aromatic carbocycles. The number of hydrogen-bond acceptors (Lipinski definition) is 4. The largest absolute Gasteiger partial charge is 0.480 e. The first-order chi connectivity index (χ1) is 9.54. The molecule has 116 valence electrons. The summed E-state index contributed by atoms with van der Waals surface area (Å²) in [5.41, 5.74) is -2.50. The highest BCUT2D eigenvalue weighted by molar-refractivity contribution is 5.74. The molecule has 0 saturated heterocycles. The van der Waals surface area contributed by atoms with Crippen molar-refractivity contribution in [1.29, 1.82) is 0 Å². The molecule has 9 heteroatoms. The maximum Gasteiger partial charge on any atom is 0.423 e. The quantitative estimate of drug-likeness (QED) is 0.668. The van der Waals surface area contributed by atoms with Gasteiger partial charge in [0.25, 0.3) is 5.69 Å². The van der Waals surface area contributed by atoms with E-state index in [9.17, 15) is 28.1 Å². The van der Waals surface area contributed by atoms with Gasteiger partial charge < -0.3 is 10.0 Å². The Kier molecular flexibility index (Phi) is 4.77. The molecule has 0 aliphatic rings. The summed E-state index contributed by atoms with van der Waals surface area (Å²) in [6, 6.07) is 2.05. The minimum atomic E-state index is -4.90. The summed E-state index contributed by atoms with van der Waals surface area (Å²) >= 11 is 0. The number of nitrogens with zero attached hydrogens (tertiary/aromatic N) is 2. The number of anilines is 1. The summed E-state index contributed by atoms with van der Waals surface area (Å²) in [6.07, 6.45) is -4.90. The fraction of sp³-hybridized carbons (Fsp3) is 0.417. The maximum atomic E-state index is 12.9. The molecule has 0 fully saturated rings. The average Bonchev–Trinajstić information content (AvgIpc) is 2.33. The molecule has 1 rings (SSSR count). The highest BCUT2D eigenvalue weighted by Gasteiger charge is 2.39. The number of nitro benzene ring substituents is 1. The van der Waals surface area contributed by atoms with E-state index in [1.807, 2.05) is 0 Å². The minimum absolute atomic E-state index is 0.0367. The van der Waals surface area contributed by atoms with Gasteiger partial charge in [0, 0.05) is 17.8 Å². The van der Waals surface area contributed by atoms with E-state index in [4.69, 9.17) is 5.11 Å². The molecule has 1 N–H and O–H groups in total. The van der Waals surface area contributed by atoms with Gasteiger partial charge in [-0.3, -0.25) is 14.9 Å². The van der Waals surface area contributed by atoms with Crippen molar-refractivity contribution in [3.8, 4) is 0 Å². The van der Waals surface area contributed by atoms with Crippen molar-refractivity contribution in [1.82, 2.24) is 0 Å². The van der Waals surface area contributed by atoms with E-state index in [2.05, 4.69) is 0 Å². The van der Waals surface area contributed by atoms with Crippen LogP contribution in [0.4, 0.5) is 24.5 Å². The summed E-state index contributed by atoms with van der Waals surface area (Å²) in [5.74, 6) is -1.21. The Hall–Kier alpha value is -2.32. The van der Waals surface area contributed by atoms with Crippen molar-refractivity contribution in [2.45, 2.75) is 26.1 Å². The lowest BCUT2D eigenvalue weighted by Gasteiger charge is -2.27. The molecule has 0 aliphatic carbocycles. The number of carboxylic acid groups (broad SMARTS) is 1. The van der Waals surface area contributed by atoms with E-state index in [1.165, 1.54) is 4.90 Å². The van der Waals surface area contributed by atoms with E-state index < -0.39 is 34.9 Å². The lowest BCUT2D eigenvalue weighted by molar-refractivity contribution is -0.388. The maximum absolute atomic E-state index is 12.9. The molecule has 0 bridgehead atoms. The van der Waals surface area contributed by atoms with Gasteiger partial charge in [0.15, 0.2) is 0 Å². The van der Waals surface area contributed by atoms with Gasteiger partial charge >= 0.3 is 12.1 Å². The smallest absolute Gasteiger partial charge is 0.423 e. The van der Waals surface area contributed by atoms with Crippen molar-refractivity contribution >= 4 is 17.3 Å². The van der Waals surface area contributed by atoms with Crippen molar-refractivity contribution in [2.75, 3.05) is 11.4 Å². The zero-order valence-corrected chi connectivity index (χ0v) is 11.2. The van der Waals surface area contributed by atoms with Crippen LogP contribution < -0.4 is 4.90 Å². The molecule has 0 saturated carbocycles. The fourth-order valence-electron chi connectivity index (χ4n) is 1.81. The third kappa shape index (κ3) is 4.07. The minimum Gasteiger partial charge on any atom is -0.480 e. The van der Waals surface area contributed by atoms with E-state index in [-0.39, 0.29) is 11.7 Å². The first-order valence-corrected chi connectivity index (χ1v) is 5.88. The Morgan fingerprint density at radius 2 is 2.00 bits per heavy atom. The van der Waals surface area contributed by atoms with Gasteiger partial charge in [0.05, 0.1) is 4.92 Å². The van der Waals surface area contributed by atoms with Gasteiger partial charge in [-0.15, -0.1) is 0 Å². The standard InChI is InChI=1S/C12H13F3N2O4/c1-7(2)16(6-11(18)19)8-3-4-10(17(20)21)9(5-8)12(13,14)15/h3-5,7H,6H2,1-2H3,(H,18,19). The second kappa shape index (κ2) is 5.98. The Morgan fingerprint density at radius 1 is 1.43 bits per heavy atom.